The molecule has 4 rings (SSSR count). The molecule has 0 saturated carbocycles. The van der Waals surface area contributed by atoms with Crippen molar-refractivity contribution in [3.63, 3.8) is 0 Å². The van der Waals surface area contributed by atoms with Crippen LogP contribution in [0.1, 0.15) is 24.0 Å². The molecule has 1 fully saturated rings. The second-order valence-electron chi connectivity index (χ2n) is 9.01. The molecule has 182 valence electrons. The van der Waals surface area contributed by atoms with Crippen LogP contribution >= 0.6 is 0 Å². The fourth-order valence-electron chi connectivity index (χ4n) is 4.39. The molecular formula is C29H35N5O. The molecule has 1 saturated heterocycles. The molecule has 0 bridgehead atoms. The van der Waals surface area contributed by atoms with Gasteiger partial charge in [-0.25, -0.2) is 0 Å². The summed E-state index contributed by atoms with van der Waals surface area (Å²) in [5.41, 5.74) is 11.4. The fraction of sp³-hybridized carbons (Fsp3) is 0.310. The summed E-state index contributed by atoms with van der Waals surface area (Å²) in [7, 11) is 0. The molecule has 3 aromatic rings. The van der Waals surface area contributed by atoms with E-state index in [1.54, 1.807) is 24.5 Å². The highest BCUT2D eigenvalue weighted by molar-refractivity contribution is 5.91. The summed E-state index contributed by atoms with van der Waals surface area (Å²) >= 11 is 0. The Morgan fingerprint density at radius 1 is 0.943 bits per heavy atom. The van der Waals surface area contributed by atoms with Crippen molar-refractivity contribution >= 4 is 17.7 Å². The van der Waals surface area contributed by atoms with Crippen LogP contribution in [0.25, 0.3) is 17.2 Å². The summed E-state index contributed by atoms with van der Waals surface area (Å²) in [6, 6.07) is 20.6. The van der Waals surface area contributed by atoms with Crippen LogP contribution < -0.4 is 11.1 Å². The maximum atomic E-state index is 12.0. The van der Waals surface area contributed by atoms with Gasteiger partial charge in [-0.05, 0) is 65.9 Å². The van der Waals surface area contributed by atoms with E-state index in [1.807, 2.05) is 24.3 Å². The predicted octanol–water partition coefficient (Wildman–Crippen LogP) is 4.06. The molecule has 2 heterocycles. The lowest BCUT2D eigenvalue weighted by atomic mass is 9.99. The predicted molar refractivity (Wildman–Crippen MR) is 144 cm³/mol. The van der Waals surface area contributed by atoms with Gasteiger partial charge in [0.1, 0.15) is 0 Å². The van der Waals surface area contributed by atoms with Crippen LogP contribution in [0, 0.1) is 0 Å². The number of anilines is 1. The fourth-order valence-corrected chi connectivity index (χ4v) is 4.39. The van der Waals surface area contributed by atoms with Gasteiger partial charge in [0.2, 0.25) is 5.91 Å². The Labute approximate surface area is 208 Å². The molecule has 6 heteroatoms. The van der Waals surface area contributed by atoms with Gasteiger partial charge in [0.25, 0.3) is 0 Å². The number of nitrogens with two attached hydrogens (primary N) is 1. The zero-order chi connectivity index (χ0) is 24.3. The summed E-state index contributed by atoms with van der Waals surface area (Å²) < 4.78 is 0. The van der Waals surface area contributed by atoms with Crippen LogP contribution in [0.2, 0.25) is 0 Å². The number of carbonyl (C=O) groups is 1. The van der Waals surface area contributed by atoms with Crippen LogP contribution in [0.3, 0.4) is 0 Å². The van der Waals surface area contributed by atoms with Crippen LogP contribution in [0.4, 0.5) is 5.69 Å². The molecule has 0 spiro atoms. The number of piperazine rings is 1. The molecule has 2 aromatic carbocycles. The number of amides is 1. The first-order chi connectivity index (χ1) is 17.2. The van der Waals surface area contributed by atoms with E-state index in [0.717, 1.165) is 63.4 Å². The summed E-state index contributed by atoms with van der Waals surface area (Å²) in [6.07, 6.45) is 8.90. The van der Waals surface area contributed by atoms with Crippen LogP contribution in [0.5, 0.6) is 0 Å². The Morgan fingerprint density at radius 2 is 1.71 bits per heavy atom. The number of nitrogens with zero attached hydrogens (tertiary/aromatic N) is 3. The molecular weight excluding hydrogens is 434 g/mol. The Hall–Kier alpha value is -3.48. The second-order valence-corrected chi connectivity index (χ2v) is 9.01. The molecule has 1 amide bonds. The lowest BCUT2D eigenvalue weighted by Gasteiger charge is -2.35. The molecule has 1 aromatic heterocycles. The molecule has 0 atom stereocenters. The van der Waals surface area contributed by atoms with E-state index in [9.17, 15) is 4.79 Å². The molecule has 0 aliphatic carbocycles. The highest BCUT2D eigenvalue weighted by Gasteiger charge is 2.17. The van der Waals surface area contributed by atoms with E-state index in [4.69, 9.17) is 5.73 Å². The second kappa shape index (κ2) is 12.8. The third-order valence-electron chi connectivity index (χ3n) is 6.41. The average Bonchev–Trinajstić information content (AvgIpc) is 2.90. The van der Waals surface area contributed by atoms with Crippen molar-refractivity contribution < 1.29 is 4.79 Å². The molecule has 0 radical (unpaired) electrons. The number of aromatic nitrogens is 1. The normalized spacial score (nSPS) is 14.9. The number of rotatable bonds is 10. The highest BCUT2D eigenvalue weighted by Crippen LogP contribution is 2.26. The molecule has 35 heavy (non-hydrogen) atoms. The molecule has 0 unspecified atom stereocenters. The summed E-state index contributed by atoms with van der Waals surface area (Å²) in [5, 5.41) is 2.97. The van der Waals surface area contributed by atoms with Gasteiger partial charge in [-0.1, -0.05) is 42.5 Å². The van der Waals surface area contributed by atoms with E-state index in [2.05, 4.69) is 56.5 Å². The number of benzene rings is 2. The first kappa shape index (κ1) is 24.6. The number of unbranched alkanes of at least 4 members (excludes halogenated alkanes) is 1. The number of pyridine rings is 1. The van der Waals surface area contributed by atoms with E-state index in [-0.39, 0.29) is 5.91 Å². The van der Waals surface area contributed by atoms with Gasteiger partial charge >= 0.3 is 0 Å². The lowest BCUT2D eigenvalue weighted by molar-refractivity contribution is -0.116. The quantitative estimate of drug-likeness (QED) is 0.266. The van der Waals surface area contributed by atoms with Crippen molar-refractivity contribution in [2.45, 2.75) is 19.4 Å². The minimum absolute atomic E-state index is 0.0540. The maximum Gasteiger partial charge on any atom is 0.243 e. The molecule has 3 N–H and O–H groups in total. The van der Waals surface area contributed by atoms with Crippen molar-refractivity contribution in [2.24, 2.45) is 0 Å². The largest absolute Gasteiger partial charge is 0.399 e. The van der Waals surface area contributed by atoms with Crippen molar-refractivity contribution in [1.29, 1.82) is 0 Å². The van der Waals surface area contributed by atoms with Gasteiger partial charge in [-0.2, -0.15) is 0 Å². The molecule has 1 aliphatic heterocycles. The van der Waals surface area contributed by atoms with Crippen molar-refractivity contribution in [1.82, 2.24) is 20.1 Å². The third-order valence-corrected chi connectivity index (χ3v) is 6.41. The molecule has 6 nitrogen and oxygen atoms in total. The van der Waals surface area contributed by atoms with Gasteiger partial charge in [0.05, 0.1) is 0 Å². The monoisotopic (exact) mass is 469 g/mol. The number of hydrogen-bond donors (Lipinski definition) is 2. The van der Waals surface area contributed by atoms with Gasteiger partial charge in [-0.15, -0.1) is 0 Å². The first-order valence-corrected chi connectivity index (χ1v) is 12.4. The first-order valence-electron chi connectivity index (χ1n) is 12.4. The zero-order valence-electron chi connectivity index (χ0n) is 20.3. The highest BCUT2D eigenvalue weighted by atomic mass is 16.1. The smallest absolute Gasteiger partial charge is 0.243 e. The summed E-state index contributed by atoms with van der Waals surface area (Å²) in [4.78, 5) is 21.1. The SMILES string of the molecule is Nc1ccc(-c2ccccc2CN2CCN(CCCCNC(=O)C=Cc3cccnc3)CC2)cc1. The Kier molecular flexibility index (Phi) is 9.04. The Bertz CT molecular complexity index is 1090. The standard InChI is InChI=1S/C29H35N5O/c30-27-12-10-25(11-13-27)28-8-2-1-7-26(28)23-34-20-18-33(19-21-34)17-4-3-16-32-29(35)14-9-24-6-5-15-31-22-24/h1-2,5-15,22H,3-4,16-21,23,30H2,(H,32,35). The van der Waals surface area contributed by atoms with Crippen LogP contribution in [-0.2, 0) is 11.3 Å². The van der Waals surface area contributed by atoms with Crippen molar-refractivity contribution in [2.75, 3.05) is 45.0 Å². The Balaban J connectivity index is 1.14. The van der Waals surface area contributed by atoms with Gasteiger partial charge in [-0.3, -0.25) is 14.7 Å². The van der Waals surface area contributed by atoms with E-state index in [1.165, 1.54) is 16.7 Å². The summed E-state index contributed by atoms with van der Waals surface area (Å²) in [6.45, 7) is 7.08. The minimum Gasteiger partial charge on any atom is -0.399 e. The number of nitrogen functional groups attached to an aromatic ring is 1. The average molecular weight is 470 g/mol. The maximum absolute atomic E-state index is 12.0. The van der Waals surface area contributed by atoms with Crippen LogP contribution in [0.15, 0.2) is 79.1 Å². The van der Waals surface area contributed by atoms with E-state index in [0.29, 0.717) is 6.54 Å². The van der Waals surface area contributed by atoms with Gasteiger partial charge in [0.15, 0.2) is 0 Å². The van der Waals surface area contributed by atoms with Crippen LogP contribution in [-0.4, -0.2) is 60.0 Å². The Morgan fingerprint density at radius 3 is 2.49 bits per heavy atom. The minimum atomic E-state index is -0.0540. The number of carbonyl (C=O) groups excluding carboxylic acids is 1. The number of nitrogens with one attached hydrogen (secondary N) is 1. The lowest BCUT2D eigenvalue weighted by Crippen LogP contribution is -2.46. The topological polar surface area (TPSA) is 74.5 Å². The number of hydrogen-bond acceptors (Lipinski definition) is 5. The van der Waals surface area contributed by atoms with E-state index < -0.39 is 0 Å². The van der Waals surface area contributed by atoms with E-state index >= 15 is 0 Å². The third kappa shape index (κ3) is 7.77. The summed E-state index contributed by atoms with van der Waals surface area (Å²) in [5.74, 6) is -0.0540. The van der Waals surface area contributed by atoms with Gasteiger partial charge in [0, 0.05) is 63.4 Å². The molecule has 1 aliphatic rings. The van der Waals surface area contributed by atoms with Gasteiger partial charge < -0.3 is 16.0 Å². The zero-order valence-corrected chi connectivity index (χ0v) is 20.3. The van der Waals surface area contributed by atoms with Crippen molar-refractivity contribution in [3.05, 3.63) is 90.3 Å². The van der Waals surface area contributed by atoms with Crippen molar-refractivity contribution in [3.8, 4) is 11.1 Å².